The molecule has 1 aromatic carbocycles. The van der Waals surface area contributed by atoms with E-state index in [0.717, 1.165) is 12.1 Å². The number of amides is 1. The fraction of sp³-hybridized carbons (Fsp3) is 0.182. The Labute approximate surface area is 102 Å². The van der Waals surface area contributed by atoms with Gasteiger partial charge in [0, 0.05) is 12.1 Å². The van der Waals surface area contributed by atoms with Crippen LogP contribution in [-0.2, 0) is 18.0 Å². The van der Waals surface area contributed by atoms with Crippen LogP contribution in [0.4, 0.5) is 5.69 Å². The molecule has 0 saturated carbocycles. The fourth-order valence-electron chi connectivity index (χ4n) is 1.45. The minimum absolute atomic E-state index is 0.139. The van der Waals surface area contributed by atoms with E-state index in [2.05, 4.69) is 0 Å². The number of nitrogens with two attached hydrogens (primary N) is 1. The van der Waals surface area contributed by atoms with E-state index < -0.39 is 17.4 Å². The van der Waals surface area contributed by atoms with Crippen LogP contribution in [0.15, 0.2) is 18.2 Å². The second-order valence-corrected chi connectivity index (χ2v) is 3.49. The SMILES string of the molecule is NC(=O)C=Cc1cc(CO)c(CO)cc1[N+](=O)[O-]. The standard InChI is InChI=1S/C11H12N2O5/c12-11(16)2-1-7-3-8(5-14)9(6-15)4-10(7)13(17)18/h1-4,14-15H,5-6H2,(H2,12,16). The van der Waals surface area contributed by atoms with Crippen LogP contribution in [0.1, 0.15) is 16.7 Å². The van der Waals surface area contributed by atoms with Crippen LogP contribution in [0.2, 0.25) is 0 Å². The predicted octanol–water partition coefficient (Wildman–Crippen LogP) is 0.0779. The van der Waals surface area contributed by atoms with E-state index >= 15 is 0 Å². The molecule has 0 atom stereocenters. The van der Waals surface area contributed by atoms with Crippen molar-refractivity contribution in [3.05, 3.63) is 45.0 Å². The van der Waals surface area contributed by atoms with Gasteiger partial charge < -0.3 is 15.9 Å². The molecule has 1 amide bonds. The number of aliphatic hydroxyl groups excluding tert-OH is 2. The lowest BCUT2D eigenvalue weighted by atomic mass is 10.0. The Bertz CT molecular complexity index is 510. The maximum atomic E-state index is 10.8. The maximum absolute atomic E-state index is 10.8. The summed E-state index contributed by atoms with van der Waals surface area (Å²) in [5, 5.41) is 29.0. The van der Waals surface area contributed by atoms with Crippen molar-refractivity contribution < 1.29 is 19.9 Å². The number of nitro benzene ring substituents is 1. The molecular weight excluding hydrogens is 240 g/mol. The molecule has 1 rings (SSSR count). The molecule has 0 radical (unpaired) electrons. The van der Waals surface area contributed by atoms with E-state index in [1.165, 1.54) is 12.1 Å². The third kappa shape index (κ3) is 3.12. The molecule has 4 N–H and O–H groups in total. The Morgan fingerprint density at radius 2 is 1.89 bits per heavy atom. The Balaban J connectivity index is 3.37. The highest BCUT2D eigenvalue weighted by Gasteiger charge is 2.15. The van der Waals surface area contributed by atoms with Crippen molar-refractivity contribution in [3.63, 3.8) is 0 Å². The summed E-state index contributed by atoms with van der Waals surface area (Å²) < 4.78 is 0. The molecular formula is C11H12N2O5. The summed E-state index contributed by atoms with van der Waals surface area (Å²) in [5.41, 5.74) is 5.40. The maximum Gasteiger partial charge on any atom is 0.276 e. The molecule has 0 aliphatic carbocycles. The van der Waals surface area contributed by atoms with Crippen molar-refractivity contribution in [1.82, 2.24) is 0 Å². The highest BCUT2D eigenvalue weighted by molar-refractivity contribution is 5.91. The molecule has 96 valence electrons. The number of primary amides is 1. The molecule has 0 unspecified atom stereocenters. The van der Waals surface area contributed by atoms with Crippen molar-refractivity contribution in [2.45, 2.75) is 13.2 Å². The first-order chi connectivity index (χ1) is 8.49. The highest BCUT2D eigenvalue weighted by atomic mass is 16.6. The highest BCUT2D eigenvalue weighted by Crippen LogP contribution is 2.25. The van der Waals surface area contributed by atoms with Gasteiger partial charge in [0.2, 0.25) is 5.91 Å². The van der Waals surface area contributed by atoms with E-state index in [-0.39, 0.29) is 23.4 Å². The minimum Gasteiger partial charge on any atom is -0.392 e. The molecule has 0 aliphatic rings. The number of hydrogen-bond acceptors (Lipinski definition) is 5. The van der Waals surface area contributed by atoms with Crippen LogP contribution in [0.25, 0.3) is 6.08 Å². The van der Waals surface area contributed by atoms with Gasteiger partial charge >= 0.3 is 0 Å². The Kier molecular flexibility index (Phi) is 4.52. The van der Waals surface area contributed by atoms with Crippen molar-refractivity contribution in [2.24, 2.45) is 5.73 Å². The molecule has 0 heterocycles. The number of nitro groups is 1. The average Bonchev–Trinajstić information content (AvgIpc) is 2.34. The van der Waals surface area contributed by atoms with Crippen LogP contribution in [0.5, 0.6) is 0 Å². The third-order valence-corrected chi connectivity index (χ3v) is 2.31. The van der Waals surface area contributed by atoms with Gasteiger partial charge in [0.05, 0.1) is 23.7 Å². The van der Waals surface area contributed by atoms with E-state index in [4.69, 9.17) is 15.9 Å². The van der Waals surface area contributed by atoms with Gasteiger partial charge in [0.25, 0.3) is 5.69 Å². The molecule has 7 heteroatoms. The summed E-state index contributed by atoms with van der Waals surface area (Å²) >= 11 is 0. The van der Waals surface area contributed by atoms with Gasteiger partial charge in [0.15, 0.2) is 0 Å². The normalized spacial score (nSPS) is 10.8. The van der Waals surface area contributed by atoms with Crippen molar-refractivity contribution in [3.8, 4) is 0 Å². The quantitative estimate of drug-likeness (QED) is 0.388. The van der Waals surface area contributed by atoms with E-state index in [1.807, 2.05) is 0 Å². The fourth-order valence-corrected chi connectivity index (χ4v) is 1.45. The first kappa shape index (κ1) is 13.8. The van der Waals surface area contributed by atoms with Gasteiger partial charge in [0.1, 0.15) is 0 Å². The first-order valence-corrected chi connectivity index (χ1v) is 4.99. The Hall–Kier alpha value is -2.25. The smallest absolute Gasteiger partial charge is 0.276 e. The van der Waals surface area contributed by atoms with E-state index in [1.54, 1.807) is 0 Å². The lowest BCUT2D eigenvalue weighted by Crippen LogP contribution is -2.05. The number of carbonyl (C=O) groups is 1. The van der Waals surface area contributed by atoms with Crippen LogP contribution in [-0.4, -0.2) is 21.0 Å². The van der Waals surface area contributed by atoms with Gasteiger partial charge in [-0.15, -0.1) is 0 Å². The molecule has 1 aromatic rings. The summed E-state index contributed by atoms with van der Waals surface area (Å²) in [4.78, 5) is 20.8. The van der Waals surface area contributed by atoms with Gasteiger partial charge in [-0.25, -0.2) is 0 Å². The first-order valence-electron chi connectivity index (χ1n) is 4.99. The van der Waals surface area contributed by atoms with Crippen LogP contribution in [0, 0.1) is 10.1 Å². The van der Waals surface area contributed by atoms with Crippen LogP contribution < -0.4 is 5.73 Å². The topological polar surface area (TPSA) is 127 Å². The molecule has 0 aliphatic heterocycles. The van der Waals surface area contributed by atoms with Gasteiger partial charge in [-0.1, -0.05) is 0 Å². The monoisotopic (exact) mass is 252 g/mol. The molecule has 7 nitrogen and oxygen atoms in total. The van der Waals surface area contributed by atoms with Crippen molar-refractivity contribution >= 4 is 17.7 Å². The number of hydrogen-bond donors (Lipinski definition) is 3. The second kappa shape index (κ2) is 5.89. The Morgan fingerprint density at radius 1 is 1.33 bits per heavy atom. The molecule has 18 heavy (non-hydrogen) atoms. The lowest BCUT2D eigenvalue weighted by Gasteiger charge is -2.06. The summed E-state index contributed by atoms with van der Waals surface area (Å²) in [7, 11) is 0. The van der Waals surface area contributed by atoms with E-state index in [9.17, 15) is 14.9 Å². The van der Waals surface area contributed by atoms with Gasteiger partial charge in [-0.2, -0.15) is 0 Å². The molecule has 0 spiro atoms. The molecule has 0 aromatic heterocycles. The number of nitrogens with zero attached hydrogens (tertiary/aromatic N) is 1. The van der Waals surface area contributed by atoms with Crippen LogP contribution >= 0.6 is 0 Å². The third-order valence-electron chi connectivity index (χ3n) is 2.31. The zero-order valence-electron chi connectivity index (χ0n) is 9.37. The number of aliphatic hydroxyl groups is 2. The van der Waals surface area contributed by atoms with Crippen molar-refractivity contribution in [1.29, 1.82) is 0 Å². The average molecular weight is 252 g/mol. The number of carbonyl (C=O) groups excluding carboxylic acids is 1. The zero-order valence-corrected chi connectivity index (χ0v) is 9.37. The molecule has 0 bridgehead atoms. The summed E-state index contributed by atoms with van der Waals surface area (Å²) in [5.74, 6) is -0.735. The van der Waals surface area contributed by atoms with Gasteiger partial charge in [-0.3, -0.25) is 14.9 Å². The van der Waals surface area contributed by atoms with Gasteiger partial charge in [-0.05, 0) is 23.3 Å². The molecule has 0 fully saturated rings. The van der Waals surface area contributed by atoms with Crippen LogP contribution in [0.3, 0.4) is 0 Å². The predicted molar refractivity (Wildman–Crippen MR) is 63.2 cm³/mol. The number of rotatable bonds is 5. The molecule has 0 saturated heterocycles. The summed E-state index contributed by atoms with van der Waals surface area (Å²) in [6, 6.07) is 2.50. The summed E-state index contributed by atoms with van der Waals surface area (Å²) in [6.07, 6.45) is 2.18. The van der Waals surface area contributed by atoms with Crippen molar-refractivity contribution in [2.75, 3.05) is 0 Å². The lowest BCUT2D eigenvalue weighted by molar-refractivity contribution is -0.385. The Morgan fingerprint density at radius 3 is 2.33 bits per heavy atom. The van der Waals surface area contributed by atoms with E-state index in [0.29, 0.717) is 5.56 Å². The minimum atomic E-state index is -0.735. The zero-order chi connectivity index (χ0) is 13.7. The second-order valence-electron chi connectivity index (χ2n) is 3.49. The summed E-state index contributed by atoms with van der Waals surface area (Å²) in [6.45, 7) is -0.790. The number of benzene rings is 1. The largest absolute Gasteiger partial charge is 0.392 e.